The van der Waals surface area contributed by atoms with E-state index in [9.17, 15) is 9.59 Å². The molecule has 0 saturated heterocycles. The van der Waals surface area contributed by atoms with Crippen molar-refractivity contribution in [3.05, 3.63) is 124 Å². The molecule has 0 saturated carbocycles. The Kier molecular flexibility index (Phi) is 17.5. The summed E-state index contributed by atoms with van der Waals surface area (Å²) in [6.45, 7) is 8.64. The maximum Gasteiger partial charge on any atom is 0.260 e. The fourth-order valence-corrected chi connectivity index (χ4v) is 8.83. The van der Waals surface area contributed by atoms with E-state index >= 15 is 0 Å². The third-order valence-electron chi connectivity index (χ3n) is 12.1. The molecule has 15 heteroatoms. The number of amides is 1. The Morgan fingerprint density at radius 1 is 0.812 bits per heavy atom. The molecule has 1 N–H and O–H groups in total. The van der Waals surface area contributed by atoms with E-state index in [1.165, 1.54) is 11.3 Å². The molecule has 2 aliphatic heterocycles. The summed E-state index contributed by atoms with van der Waals surface area (Å²) in [7, 11) is 8.60. The number of nitrogens with zero attached hydrogens (tertiary/aromatic N) is 4. The van der Waals surface area contributed by atoms with Gasteiger partial charge in [-0.25, -0.2) is 0 Å². The minimum Gasteiger partial charge on any atom is -0.493 e. The summed E-state index contributed by atoms with van der Waals surface area (Å²) in [6, 6.07) is 29.5. The van der Waals surface area contributed by atoms with Gasteiger partial charge in [0.2, 0.25) is 0 Å². The van der Waals surface area contributed by atoms with Crippen LogP contribution in [0.5, 0.6) is 23.0 Å². The Labute approximate surface area is 411 Å². The van der Waals surface area contributed by atoms with E-state index in [0.717, 1.165) is 47.2 Å². The number of benzene rings is 5. The van der Waals surface area contributed by atoms with Crippen LogP contribution in [0.3, 0.4) is 0 Å². The summed E-state index contributed by atoms with van der Waals surface area (Å²) in [4.78, 5) is 37.5. The van der Waals surface area contributed by atoms with Gasteiger partial charge in [0, 0.05) is 86.6 Å². The van der Waals surface area contributed by atoms with Crippen molar-refractivity contribution in [1.82, 2.24) is 0 Å². The van der Waals surface area contributed by atoms with E-state index in [0.29, 0.717) is 98.2 Å². The number of carbonyl (C=O) groups excluding carboxylic acids is 2. The van der Waals surface area contributed by atoms with Crippen LogP contribution in [0.1, 0.15) is 56.8 Å². The Morgan fingerprint density at radius 3 is 2.10 bits per heavy atom. The first-order valence-electron chi connectivity index (χ1n) is 23.2. The molecule has 0 aromatic heterocycles. The standard InChI is InChI=1S/C54H65N5O9S/c1-54(2,69)36-58(18-19-65-22-23-66-21-20-62-5)42-25-37(34-67-51-30-45(41(33-60)28-49(51)63-6)56-32-43-27-40-13-9-10-14-47(40)57(43)4)24-38(26-42)35-68-52-31-46(55-3)44(29-50(52)64-7)53(61)59-17-16-39-12-8-11-15-48(39)59/h8-15,24-26,28-33,43,55,69H,16-23,27,34-36H2,1-7H3/b56-32-. The molecule has 0 aliphatic carbocycles. The minimum absolute atomic E-state index is 0.0277. The van der Waals surface area contributed by atoms with E-state index in [-0.39, 0.29) is 29.9 Å². The minimum atomic E-state index is -0.361. The lowest BCUT2D eigenvalue weighted by Crippen LogP contribution is -2.37. The Balaban J connectivity index is 1.16. The highest BCUT2D eigenvalue weighted by atomic mass is 32.1. The molecule has 14 nitrogen and oxygen atoms in total. The van der Waals surface area contributed by atoms with Crippen LogP contribution in [-0.2, 0) is 40.3 Å². The number of anilines is 4. The molecule has 0 radical (unpaired) electrons. The number of ether oxygens (including phenoxy) is 7. The summed E-state index contributed by atoms with van der Waals surface area (Å²) in [5, 5.41) is 3.21. The molecular formula is C54H65N5O9S. The predicted molar refractivity (Wildman–Crippen MR) is 277 cm³/mol. The van der Waals surface area contributed by atoms with E-state index in [1.54, 1.807) is 46.6 Å². The zero-order valence-electron chi connectivity index (χ0n) is 40.8. The molecule has 5 aromatic rings. The molecule has 0 bridgehead atoms. The fourth-order valence-electron chi connectivity index (χ4n) is 8.66. The molecule has 2 heterocycles. The van der Waals surface area contributed by atoms with Crippen LogP contribution in [0.25, 0.3) is 0 Å². The number of para-hydroxylation sites is 2. The first-order chi connectivity index (χ1) is 33.4. The smallest absolute Gasteiger partial charge is 0.260 e. The lowest BCUT2D eigenvalue weighted by molar-refractivity contribution is 0.0264. The average molecular weight is 960 g/mol. The highest BCUT2D eigenvalue weighted by Gasteiger charge is 2.29. The van der Waals surface area contributed by atoms with Crippen molar-refractivity contribution in [1.29, 1.82) is 0 Å². The lowest BCUT2D eigenvalue weighted by atomic mass is 10.1. The van der Waals surface area contributed by atoms with Crippen LogP contribution in [0.4, 0.5) is 28.4 Å². The van der Waals surface area contributed by atoms with E-state index in [4.69, 9.17) is 50.8 Å². The van der Waals surface area contributed by atoms with Crippen molar-refractivity contribution >= 4 is 59.5 Å². The number of aldehydes is 1. The third-order valence-corrected chi connectivity index (χ3v) is 12.3. The number of hydrogen-bond acceptors (Lipinski definition) is 14. The normalized spacial score (nSPS) is 14.2. The molecule has 1 unspecified atom stereocenters. The van der Waals surface area contributed by atoms with Gasteiger partial charge >= 0.3 is 0 Å². The van der Waals surface area contributed by atoms with Gasteiger partial charge in [-0.15, -0.1) is 0 Å². The second-order valence-electron chi connectivity index (χ2n) is 17.6. The van der Waals surface area contributed by atoms with Crippen molar-refractivity contribution < 1.29 is 42.7 Å². The monoisotopic (exact) mass is 959 g/mol. The summed E-state index contributed by atoms with van der Waals surface area (Å²) in [5.74, 6) is 1.63. The number of carbonyl (C=O) groups is 2. The Bertz CT molecular complexity index is 2580. The highest BCUT2D eigenvalue weighted by molar-refractivity contribution is 7.81. The zero-order valence-corrected chi connectivity index (χ0v) is 41.7. The first-order valence-corrected chi connectivity index (χ1v) is 23.7. The Hall–Kier alpha value is -6.26. The summed E-state index contributed by atoms with van der Waals surface area (Å²) in [5.41, 5.74) is 9.08. The summed E-state index contributed by atoms with van der Waals surface area (Å²) >= 11 is 4.94. The number of fused-ring (bicyclic) bond motifs is 2. The van der Waals surface area contributed by atoms with Crippen molar-refractivity contribution in [2.45, 2.75) is 50.7 Å². The topological polar surface area (TPSA) is 133 Å². The van der Waals surface area contributed by atoms with Crippen LogP contribution in [0.2, 0.25) is 0 Å². The highest BCUT2D eigenvalue weighted by Crippen LogP contribution is 2.39. The molecule has 5 aromatic carbocycles. The van der Waals surface area contributed by atoms with E-state index in [1.807, 2.05) is 53.6 Å². The predicted octanol–water partition coefficient (Wildman–Crippen LogP) is 8.88. The zero-order chi connectivity index (χ0) is 48.9. The number of aliphatic imine (C=N–C) groups is 1. The first kappa shape index (κ1) is 50.6. The fraction of sp³-hybridized carbons (Fsp3) is 0.389. The van der Waals surface area contributed by atoms with Crippen molar-refractivity contribution in [2.75, 3.05) is 108 Å². The number of likely N-dealkylation sites (N-methyl/N-ethyl adjacent to an activating group) is 1. The van der Waals surface area contributed by atoms with Gasteiger partial charge in [-0.1, -0.05) is 36.4 Å². The van der Waals surface area contributed by atoms with Crippen LogP contribution in [-0.4, -0.2) is 117 Å². The Morgan fingerprint density at radius 2 is 1.45 bits per heavy atom. The van der Waals surface area contributed by atoms with Gasteiger partial charge in [0.25, 0.3) is 5.91 Å². The van der Waals surface area contributed by atoms with Crippen LogP contribution >= 0.6 is 12.6 Å². The van der Waals surface area contributed by atoms with Crippen LogP contribution in [0.15, 0.2) is 96.0 Å². The quantitative estimate of drug-likeness (QED) is 0.0251. The van der Waals surface area contributed by atoms with Crippen molar-refractivity contribution in [2.24, 2.45) is 4.99 Å². The van der Waals surface area contributed by atoms with E-state index in [2.05, 4.69) is 66.3 Å². The van der Waals surface area contributed by atoms with Crippen LogP contribution < -0.4 is 39.0 Å². The van der Waals surface area contributed by atoms with Crippen LogP contribution in [0, 0.1) is 0 Å². The molecule has 0 spiro atoms. The number of thiol groups is 1. The third kappa shape index (κ3) is 12.9. The molecule has 0 fully saturated rings. The average Bonchev–Trinajstić information content (AvgIpc) is 3.94. The maximum absolute atomic E-state index is 14.1. The maximum atomic E-state index is 14.1. The molecular weight excluding hydrogens is 895 g/mol. The number of rotatable bonds is 25. The molecule has 2 aliphatic rings. The van der Waals surface area contributed by atoms with Crippen molar-refractivity contribution in [3.63, 3.8) is 0 Å². The summed E-state index contributed by atoms with van der Waals surface area (Å²) < 4.78 is 41.1. The second kappa shape index (κ2) is 23.8. The van der Waals surface area contributed by atoms with Gasteiger partial charge in [-0.05, 0) is 91.4 Å². The molecule has 7 rings (SSSR count). The van der Waals surface area contributed by atoms with Gasteiger partial charge in [-0.2, -0.15) is 12.6 Å². The van der Waals surface area contributed by atoms with Gasteiger partial charge in [0.05, 0.1) is 70.2 Å². The van der Waals surface area contributed by atoms with Gasteiger partial charge in [0.1, 0.15) is 13.2 Å². The molecule has 366 valence electrons. The molecule has 69 heavy (non-hydrogen) atoms. The second-order valence-corrected chi connectivity index (χ2v) is 18.9. The number of methoxy groups -OCH3 is 3. The number of nitrogens with one attached hydrogen (secondary N) is 1. The van der Waals surface area contributed by atoms with E-state index < -0.39 is 0 Å². The largest absolute Gasteiger partial charge is 0.493 e. The van der Waals surface area contributed by atoms with Gasteiger partial charge < -0.3 is 53.2 Å². The van der Waals surface area contributed by atoms with Gasteiger partial charge in [0.15, 0.2) is 29.3 Å². The number of hydrogen-bond donors (Lipinski definition) is 2. The molecule has 1 atom stereocenters. The van der Waals surface area contributed by atoms with Gasteiger partial charge in [-0.3, -0.25) is 14.6 Å². The lowest BCUT2D eigenvalue weighted by Gasteiger charge is -2.32. The SMILES string of the molecule is CNc1cc(OCc2cc(COc3cc(/N=C\C4Cc5ccccc5N4C)c(C=O)cc3OC)cc(N(CCOCCOCCOC)CC(C)(C)S)c2)c(OC)cc1C(=O)N1CCc2ccccc21. The molecule has 1 amide bonds. The summed E-state index contributed by atoms with van der Waals surface area (Å²) in [6.07, 6.45) is 4.28. The van der Waals surface area contributed by atoms with Crippen molar-refractivity contribution in [3.8, 4) is 23.0 Å².